The third-order valence-electron chi connectivity index (χ3n) is 6.13. The normalized spacial score (nSPS) is 20.9. The number of hydrogen-bond donors (Lipinski definition) is 1. The van der Waals surface area contributed by atoms with Crippen molar-refractivity contribution in [2.24, 2.45) is 5.92 Å². The second-order valence-electron chi connectivity index (χ2n) is 8.93. The van der Waals surface area contributed by atoms with Crippen LogP contribution < -0.4 is 5.32 Å². The summed E-state index contributed by atoms with van der Waals surface area (Å²) in [5.41, 5.74) is 0.580. The van der Waals surface area contributed by atoms with E-state index in [1.165, 1.54) is 24.8 Å². The molecule has 0 aliphatic heterocycles. The second-order valence-corrected chi connectivity index (χ2v) is 11.1. The Bertz CT molecular complexity index is 1040. The smallest absolute Gasteiger partial charge is 0.242 e. The molecule has 2 unspecified atom stereocenters. The average molecular weight is 446 g/mol. The van der Waals surface area contributed by atoms with Crippen LogP contribution in [0, 0.1) is 5.92 Å². The summed E-state index contributed by atoms with van der Waals surface area (Å²) in [6.45, 7) is 3.29. The minimum absolute atomic E-state index is 0.119. The quantitative estimate of drug-likeness (QED) is 0.608. The van der Waals surface area contributed by atoms with E-state index in [0.29, 0.717) is 30.0 Å². The van der Waals surface area contributed by atoms with Crippen molar-refractivity contribution in [3.63, 3.8) is 0 Å². The van der Waals surface area contributed by atoms with Gasteiger partial charge in [0.1, 0.15) is 11.5 Å². The van der Waals surface area contributed by atoms with E-state index >= 15 is 0 Å². The zero-order chi connectivity index (χ0) is 22.2. The monoisotopic (exact) mass is 445 g/mol. The van der Waals surface area contributed by atoms with E-state index < -0.39 is 10.0 Å². The summed E-state index contributed by atoms with van der Waals surface area (Å²) in [5.74, 6) is 3.08. The third-order valence-corrected chi connectivity index (χ3v) is 8.05. The van der Waals surface area contributed by atoms with Gasteiger partial charge in [-0.1, -0.05) is 25.1 Å². The Morgan fingerprint density at radius 3 is 2.52 bits per heavy atom. The van der Waals surface area contributed by atoms with Crippen LogP contribution in [0.4, 0.5) is 0 Å². The molecular weight excluding hydrogens is 414 g/mol. The molecule has 4 rings (SSSR count). The minimum Gasteiger partial charge on any atom is -0.464 e. The first-order chi connectivity index (χ1) is 14.8. The molecule has 31 heavy (non-hydrogen) atoms. The summed E-state index contributed by atoms with van der Waals surface area (Å²) in [4.78, 5) is 15.0. The molecule has 1 aromatic carbocycles. The van der Waals surface area contributed by atoms with Crippen molar-refractivity contribution >= 4 is 15.9 Å². The van der Waals surface area contributed by atoms with Crippen molar-refractivity contribution in [3.05, 3.63) is 53.5 Å². The van der Waals surface area contributed by atoms with Crippen LogP contribution in [0.25, 0.3) is 0 Å². The standard InChI is InChI=1S/C23H31N3O4S/c1-16-12-20(16)21-11-10-19(30-21)14-26(18-8-9-18)15-23(27)24-13-17-6-4-5-7-22(17)31(28,29)25(2)3/h4-7,10-11,16,18,20H,8-9,12-15H2,1-3H3,(H,24,27). The zero-order valence-electron chi connectivity index (χ0n) is 18.4. The predicted molar refractivity (Wildman–Crippen MR) is 118 cm³/mol. The number of furan rings is 1. The first-order valence-corrected chi connectivity index (χ1v) is 12.3. The van der Waals surface area contributed by atoms with Gasteiger partial charge in [0.25, 0.3) is 0 Å². The van der Waals surface area contributed by atoms with Crippen molar-refractivity contribution < 1.29 is 17.6 Å². The van der Waals surface area contributed by atoms with Crippen molar-refractivity contribution in [2.45, 2.75) is 56.1 Å². The first-order valence-electron chi connectivity index (χ1n) is 10.9. The van der Waals surface area contributed by atoms with E-state index in [1.807, 2.05) is 6.07 Å². The topological polar surface area (TPSA) is 82.9 Å². The number of nitrogens with one attached hydrogen (secondary N) is 1. The summed E-state index contributed by atoms with van der Waals surface area (Å²) in [5, 5.41) is 2.89. The van der Waals surface area contributed by atoms with Gasteiger partial charge in [-0.3, -0.25) is 9.69 Å². The molecule has 168 valence electrons. The van der Waals surface area contributed by atoms with Crippen molar-refractivity contribution in [1.29, 1.82) is 0 Å². The number of sulfonamides is 1. The lowest BCUT2D eigenvalue weighted by atomic mass is 10.2. The number of benzene rings is 1. The molecule has 1 amide bonds. The molecule has 2 fully saturated rings. The lowest BCUT2D eigenvalue weighted by Crippen LogP contribution is -2.38. The Balaban J connectivity index is 1.36. The highest BCUT2D eigenvalue weighted by atomic mass is 32.2. The molecule has 2 saturated carbocycles. The van der Waals surface area contributed by atoms with E-state index in [9.17, 15) is 13.2 Å². The molecule has 2 aliphatic rings. The molecule has 0 saturated heterocycles. The molecule has 2 aromatic rings. The van der Waals surface area contributed by atoms with Crippen LogP contribution >= 0.6 is 0 Å². The lowest BCUT2D eigenvalue weighted by molar-refractivity contribution is -0.122. The van der Waals surface area contributed by atoms with Gasteiger partial charge in [-0.15, -0.1) is 0 Å². The Morgan fingerprint density at radius 1 is 1.16 bits per heavy atom. The van der Waals surface area contributed by atoms with E-state index in [1.54, 1.807) is 24.3 Å². The van der Waals surface area contributed by atoms with E-state index in [0.717, 1.165) is 24.4 Å². The molecular formula is C23H31N3O4S. The molecule has 7 nitrogen and oxygen atoms in total. The van der Waals surface area contributed by atoms with Crippen LogP contribution in [0.5, 0.6) is 0 Å². The predicted octanol–water partition coefficient (Wildman–Crippen LogP) is 2.93. The van der Waals surface area contributed by atoms with Crippen LogP contribution in [0.15, 0.2) is 45.7 Å². The minimum atomic E-state index is -3.57. The Labute approximate surface area is 184 Å². The molecule has 8 heteroatoms. The fourth-order valence-corrected chi connectivity index (χ4v) is 5.00. The lowest BCUT2D eigenvalue weighted by Gasteiger charge is -2.20. The fourth-order valence-electron chi connectivity index (χ4n) is 3.88. The molecule has 2 aliphatic carbocycles. The van der Waals surface area contributed by atoms with Crippen LogP contribution in [0.1, 0.15) is 49.2 Å². The van der Waals surface area contributed by atoms with Crippen molar-refractivity contribution in [1.82, 2.24) is 14.5 Å². The first kappa shape index (κ1) is 22.0. The van der Waals surface area contributed by atoms with Gasteiger partial charge in [-0.2, -0.15) is 0 Å². The number of nitrogens with zero attached hydrogens (tertiary/aromatic N) is 2. The Morgan fingerprint density at radius 2 is 1.87 bits per heavy atom. The molecule has 0 spiro atoms. The molecule has 0 radical (unpaired) electrons. The summed E-state index contributed by atoms with van der Waals surface area (Å²) in [7, 11) is -0.563. The summed E-state index contributed by atoms with van der Waals surface area (Å²) >= 11 is 0. The van der Waals surface area contributed by atoms with Gasteiger partial charge in [-0.25, -0.2) is 12.7 Å². The largest absolute Gasteiger partial charge is 0.464 e. The van der Waals surface area contributed by atoms with Gasteiger partial charge in [0, 0.05) is 32.6 Å². The second kappa shape index (κ2) is 8.76. The van der Waals surface area contributed by atoms with Crippen LogP contribution in [0.2, 0.25) is 0 Å². The summed E-state index contributed by atoms with van der Waals surface area (Å²) in [6.07, 6.45) is 3.36. The van der Waals surface area contributed by atoms with Crippen LogP contribution in [0.3, 0.4) is 0 Å². The molecule has 1 heterocycles. The third kappa shape index (κ3) is 5.19. The Kier molecular flexibility index (Phi) is 6.23. The summed E-state index contributed by atoms with van der Waals surface area (Å²) < 4.78 is 32.3. The molecule has 1 N–H and O–H groups in total. The maximum absolute atomic E-state index is 12.7. The van der Waals surface area contributed by atoms with E-state index in [2.05, 4.69) is 23.2 Å². The number of amides is 1. The van der Waals surface area contributed by atoms with Crippen molar-refractivity contribution in [3.8, 4) is 0 Å². The van der Waals surface area contributed by atoms with Crippen LogP contribution in [-0.4, -0.2) is 50.2 Å². The zero-order valence-corrected chi connectivity index (χ0v) is 19.2. The number of rotatable bonds is 10. The van der Waals surface area contributed by atoms with Gasteiger partial charge in [0.2, 0.25) is 15.9 Å². The summed E-state index contributed by atoms with van der Waals surface area (Å²) in [6, 6.07) is 11.3. The maximum atomic E-state index is 12.7. The van der Waals surface area contributed by atoms with Gasteiger partial charge in [-0.05, 0) is 48.9 Å². The van der Waals surface area contributed by atoms with Gasteiger partial charge in [0.05, 0.1) is 18.0 Å². The average Bonchev–Trinajstić information content (AvgIpc) is 3.66. The number of carbonyl (C=O) groups excluding carboxylic acids is 1. The van der Waals surface area contributed by atoms with Gasteiger partial charge >= 0.3 is 0 Å². The fraction of sp³-hybridized carbons (Fsp3) is 0.522. The highest BCUT2D eigenvalue weighted by molar-refractivity contribution is 7.89. The van der Waals surface area contributed by atoms with E-state index in [4.69, 9.17) is 4.42 Å². The highest BCUT2D eigenvalue weighted by Crippen LogP contribution is 2.47. The SMILES string of the molecule is CC1CC1c1ccc(CN(CC(=O)NCc2ccccc2S(=O)(=O)N(C)C)C2CC2)o1. The van der Waals surface area contributed by atoms with Gasteiger partial charge < -0.3 is 9.73 Å². The maximum Gasteiger partial charge on any atom is 0.242 e. The van der Waals surface area contributed by atoms with Crippen molar-refractivity contribution in [2.75, 3.05) is 20.6 Å². The molecule has 1 aromatic heterocycles. The highest BCUT2D eigenvalue weighted by Gasteiger charge is 2.37. The van der Waals surface area contributed by atoms with E-state index in [-0.39, 0.29) is 23.9 Å². The Hall–Kier alpha value is -2.16. The van der Waals surface area contributed by atoms with Gasteiger partial charge in [0.15, 0.2) is 0 Å². The number of carbonyl (C=O) groups is 1. The number of hydrogen-bond acceptors (Lipinski definition) is 5. The molecule has 2 atom stereocenters. The van der Waals surface area contributed by atoms with Crippen LogP contribution in [-0.2, 0) is 27.9 Å². The molecule has 0 bridgehead atoms.